The maximum Gasteiger partial charge on any atom is 0.0634 e. The van der Waals surface area contributed by atoms with Crippen LogP contribution in [0.5, 0.6) is 0 Å². The topological polar surface area (TPSA) is 60.8 Å². The van der Waals surface area contributed by atoms with Gasteiger partial charge in [0.15, 0.2) is 0 Å². The minimum Gasteiger partial charge on any atom is -0.379 e. The molecule has 0 fully saturated rings. The summed E-state index contributed by atoms with van der Waals surface area (Å²) >= 11 is 0. The van der Waals surface area contributed by atoms with Crippen LogP contribution in [-0.4, -0.2) is 11.4 Å². The number of benzene rings is 10. The molecule has 3 N–H and O–H groups in total. The van der Waals surface area contributed by atoms with Crippen LogP contribution in [0.15, 0.2) is 277 Å². The van der Waals surface area contributed by atoms with Gasteiger partial charge in [-0.15, -0.1) is 0 Å². The lowest BCUT2D eigenvalue weighted by atomic mass is 9.92. The van der Waals surface area contributed by atoms with E-state index >= 15 is 0 Å². The summed E-state index contributed by atoms with van der Waals surface area (Å²) in [5.41, 5.74) is 20.8. The van der Waals surface area contributed by atoms with E-state index in [4.69, 9.17) is 9.98 Å². The molecule has 0 amide bonds. The Bertz CT molecular complexity index is 3140. The number of hydrogen-bond acceptors (Lipinski definition) is 5. The summed E-state index contributed by atoms with van der Waals surface area (Å²) < 4.78 is 0. The van der Waals surface area contributed by atoms with Crippen LogP contribution in [0.4, 0.5) is 39.8 Å². The molecule has 0 aromatic heterocycles. The first-order valence-electron chi connectivity index (χ1n) is 26.4. The lowest BCUT2D eigenvalue weighted by molar-refractivity contribution is 0.757. The molecule has 0 aliphatic carbocycles. The fourth-order valence-corrected chi connectivity index (χ4v) is 9.18. The fraction of sp³-hybridized carbons (Fsp3) is 0.127. The zero-order valence-corrected chi connectivity index (χ0v) is 44.1. The number of aliphatic imine (C=N–C) groups is 2. The minimum atomic E-state index is 0.240. The van der Waals surface area contributed by atoms with Gasteiger partial charge in [0.2, 0.25) is 0 Å². The lowest BCUT2D eigenvalue weighted by Gasteiger charge is -2.18. The average molecular weight is 990 g/mol. The third kappa shape index (κ3) is 15.5. The van der Waals surface area contributed by atoms with Crippen molar-refractivity contribution in [1.82, 2.24) is 0 Å². The molecule has 0 heterocycles. The largest absolute Gasteiger partial charge is 0.379 e. The van der Waals surface area contributed by atoms with Crippen LogP contribution < -0.4 is 16.0 Å². The first-order valence-corrected chi connectivity index (χ1v) is 26.4. The van der Waals surface area contributed by atoms with Crippen molar-refractivity contribution in [1.29, 1.82) is 0 Å². The van der Waals surface area contributed by atoms with E-state index < -0.39 is 0 Å². The quantitative estimate of drug-likeness (QED) is 0.0751. The lowest BCUT2D eigenvalue weighted by Crippen LogP contribution is -2.07. The predicted molar refractivity (Wildman–Crippen MR) is 324 cm³/mol. The van der Waals surface area contributed by atoms with E-state index in [9.17, 15) is 0 Å². The van der Waals surface area contributed by atoms with Crippen LogP contribution in [0.1, 0.15) is 89.7 Å². The Labute approximate surface area is 450 Å². The number of hydrogen-bond donors (Lipinski definition) is 3. The third-order valence-corrected chi connectivity index (χ3v) is 13.6. The second-order valence-electron chi connectivity index (χ2n) is 19.5. The molecule has 0 aliphatic rings. The first kappa shape index (κ1) is 51.8. The van der Waals surface area contributed by atoms with Crippen molar-refractivity contribution >= 4 is 51.2 Å². The zero-order chi connectivity index (χ0) is 52.3. The number of rotatable bonds is 18. The summed E-state index contributed by atoms with van der Waals surface area (Å²) in [5, 5.41) is 10.5. The smallest absolute Gasteiger partial charge is 0.0634 e. The van der Waals surface area contributed by atoms with Gasteiger partial charge in [0.25, 0.3) is 0 Å². The van der Waals surface area contributed by atoms with Crippen LogP contribution in [0.25, 0.3) is 0 Å². The molecule has 0 aliphatic heterocycles. The van der Waals surface area contributed by atoms with E-state index in [-0.39, 0.29) is 6.04 Å². The summed E-state index contributed by atoms with van der Waals surface area (Å²) in [6.07, 6.45) is 2.92. The summed E-state index contributed by atoms with van der Waals surface area (Å²) in [6, 6.07) is 93.7. The van der Waals surface area contributed by atoms with E-state index in [0.29, 0.717) is 5.92 Å². The van der Waals surface area contributed by atoms with Crippen molar-refractivity contribution in [2.24, 2.45) is 9.98 Å². The van der Waals surface area contributed by atoms with Crippen LogP contribution >= 0.6 is 0 Å². The Kier molecular flexibility index (Phi) is 17.9. The van der Waals surface area contributed by atoms with E-state index in [1.165, 1.54) is 38.9 Å². The van der Waals surface area contributed by atoms with Crippen LogP contribution in [0.3, 0.4) is 0 Å². The van der Waals surface area contributed by atoms with Crippen molar-refractivity contribution in [3.8, 4) is 0 Å². The number of nitrogens with zero attached hydrogens (tertiary/aromatic N) is 2. The molecule has 0 bridgehead atoms. The van der Waals surface area contributed by atoms with E-state index in [0.717, 1.165) is 81.6 Å². The Hall–Kier alpha value is -9.06. The van der Waals surface area contributed by atoms with Gasteiger partial charge in [0, 0.05) is 45.9 Å². The molecule has 10 rings (SSSR count). The molecule has 5 nitrogen and oxygen atoms in total. The molecule has 76 heavy (non-hydrogen) atoms. The van der Waals surface area contributed by atoms with Gasteiger partial charge in [-0.05, 0) is 181 Å². The third-order valence-electron chi connectivity index (χ3n) is 13.6. The SMILES string of the molecule is CC(=Nc1ccc(Cc2ccccc2)cc1)c1ccc(C(C)=Nc2ccc(Nc3ccccc3)cc2)cc1.CC(Cc1ccc(Nc2ccccc2)cc1)c1ccc(C(C)Nc2ccc(Cc3ccccc3)cc2)cc1. The number of para-hydroxylation sites is 2. The molecule has 10 aromatic carbocycles. The molecule has 10 aromatic rings. The van der Waals surface area contributed by atoms with Gasteiger partial charge < -0.3 is 16.0 Å². The summed E-state index contributed by atoms with van der Waals surface area (Å²) in [5.74, 6) is 0.456. The molecule has 2 unspecified atom stereocenters. The van der Waals surface area contributed by atoms with Gasteiger partial charge in [-0.2, -0.15) is 0 Å². The molecular weight excluding hydrogens is 923 g/mol. The van der Waals surface area contributed by atoms with Crippen LogP contribution in [0.2, 0.25) is 0 Å². The maximum absolute atomic E-state index is 4.84. The van der Waals surface area contributed by atoms with E-state index in [1.807, 2.05) is 61.5 Å². The van der Waals surface area contributed by atoms with Gasteiger partial charge in [-0.3, -0.25) is 9.98 Å². The summed E-state index contributed by atoms with van der Waals surface area (Å²) in [6.45, 7) is 8.63. The Balaban J connectivity index is 0.000000186. The standard InChI is InChI=1S/C36H36N2.C35H31N3/c1-27(25-30-13-23-36(24-14-30)38-34-11-7-4-8-12-34)32-17-19-33(20-18-32)28(2)37-35-21-15-31(16-22-35)26-29-9-5-3-6-10-29;1-26(36-33-19-13-29(14-20-33)25-28-9-5-3-6-10-28)30-15-17-31(18-16-30)27(2)37-34-21-23-35(24-22-34)38-32-11-7-4-8-12-32/h3-24,27-28,37-38H,25-26H2,1-2H3;3-24,38H,25H2,1-2H3. The van der Waals surface area contributed by atoms with Gasteiger partial charge in [0.1, 0.15) is 0 Å². The average Bonchev–Trinajstić information content (AvgIpc) is 3.46. The zero-order valence-electron chi connectivity index (χ0n) is 44.1. The van der Waals surface area contributed by atoms with Crippen LogP contribution in [-0.2, 0) is 19.3 Å². The second-order valence-corrected chi connectivity index (χ2v) is 19.5. The molecule has 0 saturated carbocycles. The summed E-state index contributed by atoms with van der Waals surface area (Å²) in [4.78, 5) is 9.65. The number of nitrogens with one attached hydrogen (secondary N) is 3. The molecule has 0 spiro atoms. The highest BCUT2D eigenvalue weighted by atomic mass is 14.9. The van der Waals surface area contributed by atoms with Gasteiger partial charge in [0.05, 0.1) is 11.4 Å². The molecule has 376 valence electrons. The van der Waals surface area contributed by atoms with Crippen molar-refractivity contribution in [3.05, 3.63) is 317 Å². The molecule has 5 heteroatoms. The molecular formula is C71H67N5. The maximum atomic E-state index is 4.84. The highest BCUT2D eigenvalue weighted by Crippen LogP contribution is 2.27. The normalized spacial score (nSPS) is 12.2. The van der Waals surface area contributed by atoms with Gasteiger partial charge >= 0.3 is 0 Å². The van der Waals surface area contributed by atoms with Crippen molar-refractivity contribution in [2.75, 3.05) is 16.0 Å². The van der Waals surface area contributed by atoms with Crippen molar-refractivity contribution in [3.63, 3.8) is 0 Å². The molecule has 2 atom stereocenters. The Morgan fingerprint density at radius 3 is 1.11 bits per heavy atom. The second kappa shape index (κ2) is 26.2. The van der Waals surface area contributed by atoms with Gasteiger partial charge in [-0.1, -0.05) is 189 Å². The first-order chi connectivity index (χ1) is 37.2. The fourth-order valence-electron chi connectivity index (χ4n) is 9.18. The Morgan fingerprint density at radius 1 is 0.329 bits per heavy atom. The Morgan fingerprint density at radius 2 is 0.658 bits per heavy atom. The monoisotopic (exact) mass is 990 g/mol. The highest BCUT2D eigenvalue weighted by molar-refractivity contribution is 6.03. The molecule has 0 radical (unpaired) electrons. The van der Waals surface area contributed by atoms with Crippen molar-refractivity contribution in [2.45, 2.75) is 58.9 Å². The van der Waals surface area contributed by atoms with Gasteiger partial charge in [-0.25, -0.2) is 0 Å². The number of anilines is 5. The van der Waals surface area contributed by atoms with E-state index in [2.05, 4.69) is 249 Å². The van der Waals surface area contributed by atoms with Crippen molar-refractivity contribution < 1.29 is 0 Å². The van der Waals surface area contributed by atoms with Crippen LogP contribution in [0, 0.1) is 0 Å². The predicted octanol–water partition coefficient (Wildman–Crippen LogP) is 18.8. The van der Waals surface area contributed by atoms with E-state index in [1.54, 1.807) is 0 Å². The highest BCUT2D eigenvalue weighted by Gasteiger charge is 2.11. The molecule has 0 saturated heterocycles. The minimum absolute atomic E-state index is 0.240. The summed E-state index contributed by atoms with van der Waals surface area (Å²) in [7, 11) is 0.